The molecule has 0 spiro atoms. The van der Waals surface area contributed by atoms with Gasteiger partial charge in [-0.25, -0.2) is 4.99 Å². The Bertz CT molecular complexity index is 538. The number of hydrogen-bond donors (Lipinski definition) is 0. The van der Waals surface area contributed by atoms with Gasteiger partial charge in [0.25, 0.3) is 9.04 Å². The van der Waals surface area contributed by atoms with Crippen molar-refractivity contribution in [3.05, 3.63) is 47.9 Å². The zero-order valence-corrected chi connectivity index (χ0v) is 11.8. The number of benzene rings is 1. The molecule has 4 heteroatoms. The second kappa shape index (κ2) is 5.69. The van der Waals surface area contributed by atoms with Gasteiger partial charge < -0.3 is 8.84 Å². The van der Waals surface area contributed by atoms with Crippen molar-refractivity contribution in [3.63, 3.8) is 0 Å². The van der Waals surface area contributed by atoms with Gasteiger partial charge in [-0.1, -0.05) is 6.07 Å². The van der Waals surface area contributed by atoms with Crippen LogP contribution in [0.3, 0.4) is 0 Å². The highest BCUT2D eigenvalue weighted by Crippen LogP contribution is 2.29. The van der Waals surface area contributed by atoms with Crippen LogP contribution in [0.15, 0.2) is 46.0 Å². The molecule has 2 aromatic rings. The summed E-state index contributed by atoms with van der Waals surface area (Å²) in [4.78, 5) is 4.44. The molecular weight excluding hydrogens is 242 g/mol. The van der Waals surface area contributed by atoms with E-state index in [-0.39, 0.29) is 1.43 Å². The third-order valence-electron chi connectivity index (χ3n) is 2.30. The van der Waals surface area contributed by atoms with Gasteiger partial charge in [0.1, 0.15) is 17.2 Å². The van der Waals surface area contributed by atoms with Crippen LogP contribution in [0.1, 0.15) is 12.8 Å². The van der Waals surface area contributed by atoms with Crippen molar-refractivity contribution in [2.45, 2.75) is 20.0 Å². The van der Waals surface area contributed by atoms with Gasteiger partial charge in [0.05, 0.1) is 12.5 Å². The van der Waals surface area contributed by atoms with Crippen LogP contribution < -0.4 is 4.43 Å². The van der Waals surface area contributed by atoms with Crippen LogP contribution in [0.4, 0.5) is 5.69 Å². The SMILES string of the molecule is Cc1ccc(O[Si](C)C)c(N=Cc2ccco2)c1.[H+]. The minimum atomic E-state index is -0.790. The van der Waals surface area contributed by atoms with Gasteiger partial charge in [-0.05, 0) is 49.8 Å². The molecule has 2 rings (SSSR count). The van der Waals surface area contributed by atoms with Crippen molar-refractivity contribution in [1.29, 1.82) is 0 Å². The lowest BCUT2D eigenvalue weighted by Crippen LogP contribution is -2.11. The third kappa shape index (κ3) is 3.34. The zero-order chi connectivity index (χ0) is 13.0. The molecule has 93 valence electrons. The van der Waals surface area contributed by atoms with Crippen LogP contribution in [0.2, 0.25) is 13.1 Å². The Morgan fingerprint density at radius 3 is 2.83 bits per heavy atom. The van der Waals surface area contributed by atoms with E-state index in [0.29, 0.717) is 0 Å². The second-order valence-corrected chi connectivity index (χ2v) is 6.28. The Morgan fingerprint density at radius 2 is 2.17 bits per heavy atom. The smallest absolute Gasteiger partial charge is 0.541 e. The predicted molar refractivity (Wildman–Crippen MR) is 76.4 cm³/mol. The molecule has 1 aromatic carbocycles. The molecule has 0 bridgehead atoms. The minimum Gasteiger partial charge on any atom is -0.541 e. The summed E-state index contributed by atoms with van der Waals surface area (Å²) in [5.41, 5.74) is 2.01. The molecule has 1 heterocycles. The first-order chi connectivity index (χ1) is 8.65. The maximum absolute atomic E-state index is 5.83. The fraction of sp³-hybridized carbons (Fsp3) is 0.214. The summed E-state index contributed by atoms with van der Waals surface area (Å²) in [5.74, 6) is 1.57. The lowest BCUT2D eigenvalue weighted by molar-refractivity contribution is 0.560. The molecule has 0 aliphatic carbocycles. The highest BCUT2D eigenvalue weighted by molar-refractivity contribution is 6.49. The van der Waals surface area contributed by atoms with Crippen LogP contribution in [-0.4, -0.2) is 15.3 Å². The summed E-state index contributed by atoms with van der Waals surface area (Å²) in [7, 11) is -0.790. The second-order valence-electron chi connectivity index (χ2n) is 4.26. The molecule has 1 aromatic heterocycles. The van der Waals surface area contributed by atoms with Crippen molar-refractivity contribution >= 4 is 20.9 Å². The molecule has 0 saturated heterocycles. The van der Waals surface area contributed by atoms with Crippen molar-refractivity contribution in [2.75, 3.05) is 0 Å². The predicted octanol–water partition coefficient (Wildman–Crippen LogP) is 4.08. The first-order valence-corrected chi connectivity index (χ1v) is 8.22. The van der Waals surface area contributed by atoms with Crippen LogP contribution >= 0.6 is 0 Å². The van der Waals surface area contributed by atoms with E-state index in [1.807, 2.05) is 37.3 Å². The fourth-order valence-electron chi connectivity index (χ4n) is 1.53. The van der Waals surface area contributed by atoms with Crippen molar-refractivity contribution in [2.24, 2.45) is 4.99 Å². The molecule has 1 radical (unpaired) electrons. The normalized spacial score (nSPS) is 11.3. The van der Waals surface area contributed by atoms with Gasteiger partial charge in [-0.3, -0.25) is 0 Å². The van der Waals surface area contributed by atoms with E-state index in [4.69, 9.17) is 8.84 Å². The molecule has 0 saturated carbocycles. The van der Waals surface area contributed by atoms with E-state index in [2.05, 4.69) is 18.1 Å². The zero-order valence-electron chi connectivity index (χ0n) is 11.8. The molecule has 0 N–H and O–H groups in total. The highest BCUT2D eigenvalue weighted by Gasteiger charge is 2.06. The molecule has 0 unspecified atom stereocenters. The third-order valence-corrected chi connectivity index (χ3v) is 2.93. The summed E-state index contributed by atoms with van der Waals surface area (Å²) in [5, 5.41) is 0. The van der Waals surface area contributed by atoms with E-state index < -0.39 is 9.04 Å². The maximum atomic E-state index is 5.83. The molecule has 0 aliphatic heterocycles. The number of hydrogen-bond acceptors (Lipinski definition) is 3. The molecule has 0 fully saturated rings. The standard InChI is InChI=1S/C14H16NO2Si/c1-11-6-7-14(17-18(2)3)13(9-11)15-10-12-5-4-8-16-12/h4-10H,1-3H3/p+1. The number of nitrogens with zero attached hydrogens (tertiary/aromatic N) is 1. The van der Waals surface area contributed by atoms with E-state index >= 15 is 0 Å². The lowest BCUT2D eigenvalue weighted by atomic mass is 10.2. The van der Waals surface area contributed by atoms with Crippen molar-refractivity contribution < 1.29 is 10.3 Å². The Hall–Kier alpha value is -1.81. The average Bonchev–Trinajstić information content (AvgIpc) is 2.82. The fourth-order valence-corrected chi connectivity index (χ4v) is 2.14. The summed E-state index contributed by atoms with van der Waals surface area (Å²) in [6.45, 7) is 6.24. The topological polar surface area (TPSA) is 34.7 Å². The number of rotatable bonds is 4. The molecule has 18 heavy (non-hydrogen) atoms. The van der Waals surface area contributed by atoms with Crippen LogP contribution in [0.5, 0.6) is 5.75 Å². The van der Waals surface area contributed by atoms with Gasteiger partial charge in [0.2, 0.25) is 0 Å². The Labute approximate surface area is 110 Å². The summed E-state index contributed by atoms with van der Waals surface area (Å²) >= 11 is 0. The number of aliphatic imine (C=N–C) groups is 1. The molecular formula is C14H17NO2Si+. The highest BCUT2D eigenvalue weighted by atomic mass is 28.3. The molecule has 3 nitrogen and oxygen atoms in total. The lowest BCUT2D eigenvalue weighted by Gasteiger charge is -2.11. The van der Waals surface area contributed by atoms with Gasteiger partial charge in [-0.2, -0.15) is 0 Å². The minimum absolute atomic E-state index is 0. The summed E-state index contributed by atoms with van der Waals surface area (Å²) < 4.78 is 11.1. The number of aryl methyl sites for hydroxylation is 1. The van der Waals surface area contributed by atoms with Gasteiger partial charge >= 0.3 is 1.43 Å². The first kappa shape index (κ1) is 12.6. The van der Waals surface area contributed by atoms with Gasteiger partial charge in [0.15, 0.2) is 0 Å². The Morgan fingerprint density at radius 1 is 1.33 bits per heavy atom. The van der Waals surface area contributed by atoms with E-state index in [1.165, 1.54) is 0 Å². The monoisotopic (exact) mass is 259 g/mol. The van der Waals surface area contributed by atoms with E-state index in [0.717, 1.165) is 22.8 Å². The largest absolute Gasteiger partial charge is 1.00 e. The summed E-state index contributed by atoms with van der Waals surface area (Å²) in [6, 6.07) is 9.73. The quantitative estimate of drug-likeness (QED) is 0.612. The van der Waals surface area contributed by atoms with Crippen LogP contribution in [0, 0.1) is 6.92 Å². The van der Waals surface area contributed by atoms with Gasteiger partial charge in [-0.15, -0.1) is 0 Å². The Balaban J connectivity index is 0.00000180. The Kier molecular flexibility index (Phi) is 3.99. The summed E-state index contributed by atoms with van der Waals surface area (Å²) in [6.07, 6.45) is 3.34. The van der Waals surface area contributed by atoms with Crippen molar-refractivity contribution in [3.8, 4) is 5.75 Å². The van der Waals surface area contributed by atoms with E-state index in [1.54, 1.807) is 12.5 Å². The molecule has 0 atom stereocenters. The number of furan rings is 1. The van der Waals surface area contributed by atoms with Crippen LogP contribution in [-0.2, 0) is 0 Å². The van der Waals surface area contributed by atoms with Gasteiger partial charge in [0, 0.05) is 0 Å². The maximum Gasteiger partial charge on any atom is 1.00 e. The first-order valence-electron chi connectivity index (χ1n) is 5.81. The van der Waals surface area contributed by atoms with Crippen LogP contribution in [0.25, 0.3) is 0 Å². The van der Waals surface area contributed by atoms with Crippen molar-refractivity contribution in [1.82, 2.24) is 0 Å². The average molecular weight is 259 g/mol. The molecule has 0 aliphatic rings. The van der Waals surface area contributed by atoms with E-state index in [9.17, 15) is 0 Å². The molecule has 0 amide bonds.